The van der Waals surface area contributed by atoms with Crippen LogP contribution in [0.3, 0.4) is 0 Å². The minimum absolute atomic E-state index is 0.0319. The van der Waals surface area contributed by atoms with E-state index in [1.54, 1.807) is 26.0 Å². The summed E-state index contributed by atoms with van der Waals surface area (Å²) in [7, 11) is 0. The van der Waals surface area contributed by atoms with Crippen LogP contribution in [-0.4, -0.2) is 23.2 Å². The van der Waals surface area contributed by atoms with Gasteiger partial charge in [0.1, 0.15) is 5.71 Å². The third kappa shape index (κ3) is 5.13. The van der Waals surface area contributed by atoms with Gasteiger partial charge in [-0.25, -0.2) is 4.79 Å². The summed E-state index contributed by atoms with van der Waals surface area (Å²) in [5, 5.41) is 15.0. The van der Waals surface area contributed by atoms with E-state index in [-0.39, 0.29) is 18.0 Å². The molecule has 0 aliphatic rings. The number of hydrogen-bond acceptors (Lipinski definition) is 6. The average Bonchev–Trinajstić information content (AvgIpc) is 2.59. The van der Waals surface area contributed by atoms with Gasteiger partial charge in [0.2, 0.25) is 0 Å². The number of nitro benzene ring substituents is 1. The number of rotatable bonds is 7. The van der Waals surface area contributed by atoms with Crippen molar-refractivity contribution in [2.24, 2.45) is 5.10 Å². The third-order valence-corrected chi connectivity index (χ3v) is 3.44. The number of hydrogen-bond donors (Lipinski definition) is 1. The van der Waals surface area contributed by atoms with E-state index in [1.807, 2.05) is 30.3 Å². The van der Waals surface area contributed by atoms with Gasteiger partial charge in [-0.3, -0.25) is 15.5 Å². The van der Waals surface area contributed by atoms with Crippen molar-refractivity contribution in [3.63, 3.8) is 0 Å². The van der Waals surface area contributed by atoms with E-state index in [9.17, 15) is 14.9 Å². The molecule has 0 amide bonds. The number of carbonyl (C=O) groups is 1. The quantitative estimate of drug-likeness (QED) is 0.360. The van der Waals surface area contributed by atoms with Gasteiger partial charge in [-0.2, -0.15) is 5.10 Å². The molecule has 0 bridgehead atoms. The number of carbonyl (C=O) groups excluding carboxylic acids is 1. The first-order valence-electron chi connectivity index (χ1n) is 7.80. The lowest BCUT2D eigenvalue weighted by atomic mass is 10.1. The van der Waals surface area contributed by atoms with Crippen LogP contribution in [0.2, 0.25) is 0 Å². The second-order valence-corrected chi connectivity index (χ2v) is 5.31. The summed E-state index contributed by atoms with van der Waals surface area (Å²) in [5.41, 5.74) is 5.02. The minimum atomic E-state index is -0.502. The van der Waals surface area contributed by atoms with Crippen LogP contribution in [-0.2, 0) is 16.0 Å². The number of anilines is 1. The molecule has 0 atom stereocenters. The summed E-state index contributed by atoms with van der Waals surface area (Å²) < 4.78 is 5.04. The van der Waals surface area contributed by atoms with E-state index >= 15 is 0 Å². The first-order chi connectivity index (χ1) is 12.0. The zero-order valence-corrected chi connectivity index (χ0v) is 14.1. The molecule has 0 aliphatic carbocycles. The van der Waals surface area contributed by atoms with Crippen molar-refractivity contribution in [1.29, 1.82) is 0 Å². The summed E-state index contributed by atoms with van der Waals surface area (Å²) in [4.78, 5) is 22.5. The zero-order chi connectivity index (χ0) is 18.2. The molecular weight excluding hydrogens is 322 g/mol. The van der Waals surface area contributed by atoms with Gasteiger partial charge in [0.05, 0.1) is 17.2 Å². The molecule has 2 aromatic rings. The number of esters is 1. The zero-order valence-electron chi connectivity index (χ0n) is 14.1. The molecule has 0 aromatic heterocycles. The number of hydrazone groups is 1. The normalized spacial score (nSPS) is 11.0. The van der Waals surface area contributed by atoms with Gasteiger partial charge in [-0.05, 0) is 31.5 Å². The smallest absolute Gasteiger partial charge is 0.354 e. The van der Waals surface area contributed by atoms with Crippen LogP contribution in [0, 0.1) is 17.0 Å². The van der Waals surface area contributed by atoms with Crippen molar-refractivity contribution in [1.82, 2.24) is 0 Å². The SMILES string of the molecule is CCOC(=O)C(Cc1ccccc1)=NNc1ccc([N+](=O)[O-])c(C)c1. The van der Waals surface area contributed by atoms with Gasteiger partial charge in [0, 0.05) is 18.1 Å². The van der Waals surface area contributed by atoms with Crippen molar-refractivity contribution in [2.75, 3.05) is 12.0 Å². The highest BCUT2D eigenvalue weighted by Crippen LogP contribution is 2.21. The molecule has 0 unspecified atom stereocenters. The van der Waals surface area contributed by atoms with Crippen LogP contribution in [0.4, 0.5) is 11.4 Å². The number of ether oxygens (including phenoxy) is 1. The standard InChI is InChI=1S/C18H19N3O4/c1-3-25-18(22)16(12-14-7-5-4-6-8-14)20-19-15-9-10-17(21(23)24)13(2)11-15/h4-11,19H,3,12H2,1-2H3. The number of nitrogens with one attached hydrogen (secondary N) is 1. The molecule has 7 nitrogen and oxygen atoms in total. The lowest BCUT2D eigenvalue weighted by Crippen LogP contribution is -2.21. The maximum absolute atomic E-state index is 12.1. The molecule has 0 saturated heterocycles. The fourth-order valence-corrected chi connectivity index (χ4v) is 2.22. The molecule has 7 heteroatoms. The van der Waals surface area contributed by atoms with Crippen molar-refractivity contribution in [3.8, 4) is 0 Å². The molecule has 0 aliphatic heterocycles. The minimum Gasteiger partial charge on any atom is -0.461 e. The Balaban J connectivity index is 2.20. The van der Waals surface area contributed by atoms with Crippen LogP contribution in [0.15, 0.2) is 53.6 Å². The second-order valence-electron chi connectivity index (χ2n) is 5.31. The van der Waals surface area contributed by atoms with Gasteiger partial charge in [-0.1, -0.05) is 30.3 Å². The fourth-order valence-electron chi connectivity index (χ4n) is 2.22. The molecular formula is C18H19N3O4. The average molecular weight is 341 g/mol. The second kappa shape index (κ2) is 8.58. The topological polar surface area (TPSA) is 93.8 Å². The maximum Gasteiger partial charge on any atom is 0.354 e. The van der Waals surface area contributed by atoms with Gasteiger partial charge in [0.25, 0.3) is 5.69 Å². The number of nitrogens with zero attached hydrogens (tertiary/aromatic N) is 2. The van der Waals surface area contributed by atoms with Crippen LogP contribution in [0.25, 0.3) is 0 Å². The monoisotopic (exact) mass is 341 g/mol. The highest BCUT2D eigenvalue weighted by molar-refractivity contribution is 6.37. The van der Waals surface area contributed by atoms with Crippen molar-refractivity contribution in [2.45, 2.75) is 20.3 Å². The van der Waals surface area contributed by atoms with E-state index in [1.165, 1.54) is 6.07 Å². The fraction of sp³-hybridized carbons (Fsp3) is 0.222. The Bertz CT molecular complexity index is 788. The highest BCUT2D eigenvalue weighted by Gasteiger charge is 2.14. The summed E-state index contributed by atoms with van der Waals surface area (Å²) >= 11 is 0. The van der Waals surface area contributed by atoms with Crippen molar-refractivity contribution >= 4 is 23.1 Å². The Morgan fingerprint density at radius 2 is 1.96 bits per heavy atom. The molecule has 1 N–H and O–H groups in total. The third-order valence-electron chi connectivity index (χ3n) is 3.44. The van der Waals surface area contributed by atoms with E-state index in [0.29, 0.717) is 17.7 Å². The Labute approximate surface area is 145 Å². The number of benzene rings is 2. The first kappa shape index (κ1) is 18.1. The summed E-state index contributed by atoms with van der Waals surface area (Å²) in [6.45, 7) is 3.62. The maximum atomic E-state index is 12.1. The summed E-state index contributed by atoms with van der Waals surface area (Å²) in [6.07, 6.45) is 0.318. The van der Waals surface area contributed by atoms with E-state index in [4.69, 9.17) is 4.74 Å². The Hall–Kier alpha value is -3.22. The van der Waals surface area contributed by atoms with E-state index < -0.39 is 10.9 Å². The Morgan fingerprint density at radius 3 is 2.56 bits per heavy atom. The van der Waals surface area contributed by atoms with Gasteiger partial charge in [0.15, 0.2) is 0 Å². The molecule has 0 spiro atoms. The highest BCUT2D eigenvalue weighted by atomic mass is 16.6. The predicted octanol–water partition coefficient (Wildman–Crippen LogP) is 3.48. The molecule has 25 heavy (non-hydrogen) atoms. The lowest BCUT2D eigenvalue weighted by Gasteiger charge is -2.08. The largest absolute Gasteiger partial charge is 0.461 e. The Kier molecular flexibility index (Phi) is 6.22. The van der Waals surface area contributed by atoms with Crippen molar-refractivity contribution < 1.29 is 14.5 Å². The van der Waals surface area contributed by atoms with Crippen molar-refractivity contribution in [3.05, 3.63) is 69.8 Å². The van der Waals surface area contributed by atoms with E-state index in [2.05, 4.69) is 10.5 Å². The summed E-state index contributed by atoms with van der Waals surface area (Å²) in [5.74, 6) is -0.502. The first-order valence-corrected chi connectivity index (χ1v) is 7.80. The molecule has 0 saturated carbocycles. The molecule has 0 radical (unpaired) electrons. The molecule has 0 heterocycles. The molecule has 130 valence electrons. The summed E-state index contributed by atoms with van der Waals surface area (Å²) in [6, 6.07) is 14.0. The number of aryl methyl sites for hydroxylation is 1. The van der Waals surface area contributed by atoms with Gasteiger partial charge in [-0.15, -0.1) is 0 Å². The van der Waals surface area contributed by atoms with Crippen LogP contribution < -0.4 is 5.43 Å². The molecule has 2 rings (SSSR count). The van der Waals surface area contributed by atoms with Gasteiger partial charge < -0.3 is 4.74 Å². The lowest BCUT2D eigenvalue weighted by molar-refractivity contribution is -0.385. The van der Waals surface area contributed by atoms with Crippen LogP contribution >= 0.6 is 0 Å². The predicted molar refractivity (Wildman–Crippen MR) is 95.7 cm³/mol. The van der Waals surface area contributed by atoms with Gasteiger partial charge >= 0.3 is 5.97 Å². The molecule has 0 fully saturated rings. The Morgan fingerprint density at radius 1 is 1.24 bits per heavy atom. The van der Waals surface area contributed by atoms with Crippen LogP contribution in [0.1, 0.15) is 18.1 Å². The number of nitro groups is 1. The molecule has 2 aromatic carbocycles. The van der Waals surface area contributed by atoms with Crippen LogP contribution in [0.5, 0.6) is 0 Å². The van der Waals surface area contributed by atoms with E-state index in [0.717, 1.165) is 5.56 Å².